The first-order chi connectivity index (χ1) is 9.10. The van der Waals surface area contributed by atoms with Crippen molar-refractivity contribution in [3.63, 3.8) is 0 Å². The van der Waals surface area contributed by atoms with Crippen LogP contribution in [-0.2, 0) is 0 Å². The number of nitrogens with zero attached hydrogens (tertiary/aromatic N) is 1. The lowest BCUT2D eigenvalue weighted by Gasteiger charge is -2.25. The fourth-order valence-corrected chi connectivity index (χ4v) is 2.48. The second-order valence-electron chi connectivity index (χ2n) is 4.92. The smallest absolute Gasteiger partial charge is 0.0431 e. The molecular formula is C15H25BrN2O. The number of hydrogen-bond acceptors (Lipinski definition) is 3. The van der Waals surface area contributed by atoms with Gasteiger partial charge in [-0.05, 0) is 50.9 Å². The summed E-state index contributed by atoms with van der Waals surface area (Å²) >= 11 is 3.55. The first-order valence-corrected chi connectivity index (χ1v) is 7.68. The molecule has 1 aromatic rings. The van der Waals surface area contributed by atoms with Crippen molar-refractivity contribution in [2.75, 3.05) is 32.1 Å². The van der Waals surface area contributed by atoms with E-state index >= 15 is 0 Å². The highest BCUT2D eigenvalue weighted by atomic mass is 79.9. The first-order valence-electron chi connectivity index (χ1n) is 6.88. The summed E-state index contributed by atoms with van der Waals surface area (Å²) in [4.78, 5) is 2.30. The SMILES string of the molecule is CNC(C)c1ccc(Br)cc1N(C)CCCCCO. The van der Waals surface area contributed by atoms with Gasteiger partial charge in [-0.15, -0.1) is 0 Å². The van der Waals surface area contributed by atoms with Crippen molar-refractivity contribution >= 4 is 21.6 Å². The van der Waals surface area contributed by atoms with E-state index in [1.165, 1.54) is 11.3 Å². The van der Waals surface area contributed by atoms with Crippen molar-refractivity contribution in [3.05, 3.63) is 28.2 Å². The highest BCUT2D eigenvalue weighted by Crippen LogP contribution is 2.29. The van der Waals surface area contributed by atoms with Gasteiger partial charge in [-0.1, -0.05) is 22.0 Å². The number of anilines is 1. The minimum absolute atomic E-state index is 0.294. The number of rotatable bonds is 8. The number of hydrogen-bond donors (Lipinski definition) is 2. The van der Waals surface area contributed by atoms with Gasteiger partial charge in [0.25, 0.3) is 0 Å². The van der Waals surface area contributed by atoms with Crippen LogP contribution in [0.1, 0.15) is 37.8 Å². The van der Waals surface area contributed by atoms with Crippen molar-refractivity contribution in [2.45, 2.75) is 32.2 Å². The number of nitrogens with one attached hydrogen (secondary N) is 1. The Labute approximate surface area is 125 Å². The van der Waals surface area contributed by atoms with E-state index in [-0.39, 0.29) is 0 Å². The molecule has 0 heterocycles. The Morgan fingerprint density at radius 2 is 2.05 bits per heavy atom. The largest absolute Gasteiger partial charge is 0.396 e. The molecule has 0 aliphatic heterocycles. The molecule has 3 nitrogen and oxygen atoms in total. The van der Waals surface area contributed by atoms with Gasteiger partial charge in [0.15, 0.2) is 0 Å². The Balaban J connectivity index is 2.76. The summed E-state index contributed by atoms with van der Waals surface area (Å²) in [6.07, 6.45) is 3.08. The lowest BCUT2D eigenvalue weighted by molar-refractivity contribution is 0.283. The van der Waals surface area contributed by atoms with E-state index in [2.05, 4.69) is 58.3 Å². The molecule has 0 spiro atoms. The van der Waals surface area contributed by atoms with E-state index in [1.54, 1.807) is 0 Å². The van der Waals surface area contributed by atoms with Gasteiger partial charge >= 0.3 is 0 Å². The molecule has 1 unspecified atom stereocenters. The zero-order valence-corrected chi connectivity index (χ0v) is 13.7. The van der Waals surface area contributed by atoms with Crippen LogP contribution in [0.4, 0.5) is 5.69 Å². The van der Waals surface area contributed by atoms with E-state index in [1.807, 2.05) is 7.05 Å². The Kier molecular flexibility index (Phi) is 7.42. The van der Waals surface area contributed by atoms with Crippen molar-refractivity contribution in [1.82, 2.24) is 5.32 Å². The van der Waals surface area contributed by atoms with Gasteiger partial charge in [-0.2, -0.15) is 0 Å². The van der Waals surface area contributed by atoms with Gasteiger partial charge in [0.1, 0.15) is 0 Å². The molecule has 0 amide bonds. The molecule has 0 aromatic heterocycles. The van der Waals surface area contributed by atoms with Crippen LogP contribution in [0, 0.1) is 0 Å². The maximum absolute atomic E-state index is 8.81. The second-order valence-corrected chi connectivity index (χ2v) is 5.83. The summed E-state index contributed by atoms with van der Waals surface area (Å²) in [6.45, 7) is 3.48. The molecule has 0 aliphatic rings. The van der Waals surface area contributed by atoms with Crippen molar-refractivity contribution in [2.24, 2.45) is 0 Å². The quantitative estimate of drug-likeness (QED) is 0.718. The molecule has 0 saturated carbocycles. The van der Waals surface area contributed by atoms with Crippen LogP contribution in [0.15, 0.2) is 22.7 Å². The van der Waals surface area contributed by atoms with Crippen molar-refractivity contribution < 1.29 is 5.11 Å². The summed E-state index contributed by atoms with van der Waals surface area (Å²) < 4.78 is 1.11. The zero-order valence-electron chi connectivity index (χ0n) is 12.1. The van der Waals surface area contributed by atoms with Gasteiger partial charge in [0.05, 0.1) is 0 Å². The predicted molar refractivity (Wildman–Crippen MR) is 85.8 cm³/mol. The lowest BCUT2D eigenvalue weighted by atomic mass is 10.1. The van der Waals surface area contributed by atoms with Gasteiger partial charge in [0.2, 0.25) is 0 Å². The minimum atomic E-state index is 0.294. The monoisotopic (exact) mass is 328 g/mol. The Morgan fingerprint density at radius 1 is 1.32 bits per heavy atom. The minimum Gasteiger partial charge on any atom is -0.396 e. The number of unbranched alkanes of at least 4 members (excludes halogenated alkanes) is 2. The molecule has 1 aromatic carbocycles. The Hall–Kier alpha value is -0.580. The molecule has 0 radical (unpaired) electrons. The van der Waals surface area contributed by atoms with Crippen LogP contribution < -0.4 is 10.2 Å². The average Bonchev–Trinajstić information content (AvgIpc) is 2.42. The highest BCUT2D eigenvalue weighted by molar-refractivity contribution is 9.10. The normalized spacial score (nSPS) is 12.5. The molecule has 0 aliphatic carbocycles. The molecule has 2 N–H and O–H groups in total. The van der Waals surface area contributed by atoms with Crippen LogP contribution in [0.2, 0.25) is 0 Å². The van der Waals surface area contributed by atoms with E-state index in [0.717, 1.165) is 30.3 Å². The van der Waals surface area contributed by atoms with Gasteiger partial charge < -0.3 is 15.3 Å². The summed E-state index contributed by atoms with van der Waals surface area (Å²) in [5, 5.41) is 12.1. The maximum atomic E-state index is 8.81. The lowest BCUT2D eigenvalue weighted by Crippen LogP contribution is -2.23. The van der Waals surface area contributed by atoms with E-state index in [9.17, 15) is 0 Å². The first kappa shape index (κ1) is 16.5. The third kappa shape index (κ3) is 5.13. The molecule has 4 heteroatoms. The van der Waals surface area contributed by atoms with Crippen LogP contribution in [0.5, 0.6) is 0 Å². The van der Waals surface area contributed by atoms with Gasteiger partial charge in [-0.3, -0.25) is 0 Å². The molecule has 108 valence electrons. The van der Waals surface area contributed by atoms with E-state index in [4.69, 9.17) is 5.11 Å². The Bertz CT molecular complexity index is 384. The molecule has 0 fully saturated rings. The average molecular weight is 329 g/mol. The summed E-state index contributed by atoms with van der Waals surface area (Å²) in [7, 11) is 4.12. The predicted octanol–water partition coefficient (Wildman–Crippen LogP) is 3.33. The van der Waals surface area contributed by atoms with Crippen LogP contribution in [0.3, 0.4) is 0 Å². The number of halogens is 1. The summed E-state index contributed by atoms with van der Waals surface area (Å²) in [5.41, 5.74) is 2.58. The number of aliphatic hydroxyl groups is 1. The van der Waals surface area contributed by atoms with Crippen LogP contribution in [0.25, 0.3) is 0 Å². The van der Waals surface area contributed by atoms with E-state index in [0.29, 0.717) is 12.6 Å². The standard InChI is InChI=1S/C15H25BrN2O/c1-12(17-2)14-8-7-13(16)11-15(14)18(3)9-5-4-6-10-19/h7-8,11-12,17,19H,4-6,9-10H2,1-3H3. The Morgan fingerprint density at radius 3 is 2.68 bits per heavy atom. The fraction of sp³-hybridized carbons (Fsp3) is 0.600. The third-order valence-corrected chi connectivity index (χ3v) is 3.95. The topological polar surface area (TPSA) is 35.5 Å². The molecule has 19 heavy (non-hydrogen) atoms. The fourth-order valence-electron chi connectivity index (χ4n) is 2.13. The molecule has 0 saturated heterocycles. The molecule has 1 atom stereocenters. The molecule has 0 bridgehead atoms. The van der Waals surface area contributed by atoms with Gasteiger partial charge in [0, 0.05) is 36.4 Å². The number of benzene rings is 1. The van der Waals surface area contributed by atoms with Crippen molar-refractivity contribution in [3.8, 4) is 0 Å². The van der Waals surface area contributed by atoms with Crippen LogP contribution >= 0.6 is 15.9 Å². The zero-order chi connectivity index (χ0) is 14.3. The van der Waals surface area contributed by atoms with Gasteiger partial charge in [-0.25, -0.2) is 0 Å². The number of aliphatic hydroxyl groups excluding tert-OH is 1. The molecular weight excluding hydrogens is 304 g/mol. The third-order valence-electron chi connectivity index (χ3n) is 3.45. The van der Waals surface area contributed by atoms with Crippen LogP contribution in [-0.4, -0.2) is 32.4 Å². The maximum Gasteiger partial charge on any atom is 0.0431 e. The molecule has 1 rings (SSSR count). The van der Waals surface area contributed by atoms with E-state index < -0.39 is 0 Å². The highest BCUT2D eigenvalue weighted by Gasteiger charge is 2.12. The van der Waals surface area contributed by atoms with Crippen molar-refractivity contribution in [1.29, 1.82) is 0 Å². The summed E-state index contributed by atoms with van der Waals surface area (Å²) in [5.74, 6) is 0. The summed E-state index contributed by atoms with van der Waals surface area (Å²) in [6, 6.07) is 6.77. The second kappa shape index (κ2) is 8.56.